The number of nitrogens with two attached hydrogens (primary N) is 1. The Balaban J connectivity index is 2.41. The standard InChI is InChI=1S/C13H13BrN2O2S/c1-9-6-7-13(10(14)8-9)19(17,18)16-12-5-3-2-4-11(12)15/h2-8,16H,15H2,1H3. The van der Waals surface area contributed by atoms with Crippen LogP contribution in [-0.4, -0.2) is 8.42 Å². The van der Waals surface area contributed by atoms with E-state index in [1.807, 2.05) is 6.92 Å². The van der Waals surface area contributed by atoms with E-state index in [0.717, 1.165) is 5.56 Å². The van der Waals surface area contributed by atoms with E-state index in [2.05, 4.69) is 20.7 Å². The largest absolute Gasteiger partial charge is 0.397 e. The number of para-hydroxylation sites is 2. The number of rotatable bonds is 3. The zero-order valence-corrected chi connectivity index (χ0v) is 12.6. The molecule has 0 radical (unpaired) electrons. The van der Waals surface area contributed by atoms with Crippen molar-refractivity contribution in [3.05, 3.63) is 52.5 Å². The van der Waals surface area contributed by atoms with E-state index in [9.17, 15) is 8.42 Å². The maximum atomic E-state index is 12.3. The lowest BCUT2D eigenvalue weighted by molar-refractivity contribution is 0.601. The van der Waals surface area contributed by atoms with Crippen LogP contribution in [-0.2, 0) is 10.0 Å². The second-order valence-electron chi connectivity index (χ2n) is 4.13. The van der Waals surface area contributed by atoms with Gasteiger partial charge < -0.3 is 5.73 Å². The molecule has 0 bridgehead atoms. The number of benzene rings is 2. The van der Waals surface area contributed by atoms with E-state index >= 15 is 0 Å². The minimum Gasteiger partial charge on any atom is -0.397 e. The number of aryl methyl sites for hydroxylation is 1. The van der Waals surface area contributed by atoms with Crippen LogP contribution in [0.3, 0.4) is 0 Å². The second kappa shape index (κ2) is 5.22. The van der Waals surface area contributed by atoms with Gasteiger partial charge >= 0.3 is 0 Å². The van der Waals surface area contributed by atoms with E-state index < -0.39 is 10.0 Å². The van der Waals surface area contributed by atoms with E-state index in [4.69, 9.17) is 5.73 Å². The molecule has 0 unspecified atom stereocenters. The number of nitrogen functional groups attached to an aromatic ring is 1. The summed E-state index contributed by atoms with van der Waals surface area (Å²) in [5, 5.41) is 0. The lowest BCUT2D eigenvalue weighted by Gasteiger charge is -2.11. The van der Waals surface area contributed by atoms with Gasteiger partial charge in [-0.1, -0.05) is 18.2 Å². The molecule has 0 aliphatic heterocycles. The first kappa shape index (κ1) is 13.9. The molecule has 2 aromatic carbocycles. The van der Waals surface area contributed by atoms with E-state index in [-0.39, 0.29) is 4.90 Å². The number of anilines is 2. The minimum absolute atomic E-state index is 0.182. The SMILES string of the molecule is Cc1ccc(S(=O)(=O)Nc2ccccc2N)c(Br)c1. The van der Waals surface area contributed by atoms with Gasteiger partial charge in [0.05, 0.1) is 11.4 Å². The average Bonchev–Trinajstić information content (AvgIpc) is 2.31. The van der Waals surface area contributed by atoms with Crippen LogP contribution in [0.15, 0.2) is 51.8 Å². The molecule has 0 atom stereocenters. The van der Waals surface area contributed by atoms with Crippen molar-refractivity contribution < 1.29 is 8.42 Å². The zero-order chi connectivity index (χ0) is 14.0. The minimum atomic E-state index is -3.66. The van der Waals surface area contributed by atoms with Gasteiger partial charge in [-0.05, 0) is 52.7 Å². The fourth-order valence-corrected chi connectivity index (χ4v) is 3.89. The second-order valence-corrected chi connectivity index (χ2v) is 6.63. The van der Waals surface area contributed by atoms with Gasteiger partial charge in [-0.15, -0.1) is 0 Å². The topological polar surface area (TPSA) is 72.2 Å². The molecule has 2 rings (SSSR count). The Morgan fingerprint density at radius 1 is 1.16 bits per heavy atom. The number of sulfonamides is 1. The van der Waals surface area contributed by atoms with Gasteiger partial charge in [-0.3, -0.25) is 4.72 Å². The first-order chi connectivity index (χ1) is 8.90. The summed E-state index contributed by atoms with van der Waals surface area (Å²) in [5.41, 5.74) is 7.46. The summed E-state index contributed by atoms with van der Waals surface area (Å²) >= 11 is 3.26. The first-order valence-corrected chi connectivity index (χ1v) is 7.81. The summed E-state index contributed by atoms with van der Waals surface area (Å²) in [6, 6.07) is 11.8. The molecular weight excluding hydrogens is 328 g/mol. The molecule has 2 aromatic rings. The van der Waals surface area contributed by atoms with Crippen LogP contribution in [0.1, 0.15) is 5.56 Å². The third-order valence-electron chi connectivity index (χ3n) is 2.58. The summed E-state index contributed by atoms with van der Waals surface area (Å²) in [6.07, 6.45) is 0. The summed E-state index contributed by atoms with van der Waals surface area (Å²) < 4.78 is 27.6. The Morgan fingerprint density at radius 2 is 1.84 bits per heavy atom. The Morgan fingerprint density at radius 3 is 2.47 bits per heavy atom. The van der Waals surface area contributed by atoms with Gasteiger partial charge in [0, 0.05) is 4.47 Å². The normalized spacial score (nSPS) is 11.3. The molecule has 3 N–H and O–H groups in total. The molecule has 19 heavy (non-hydrogen) atoms. The molecule has 0 saturated carbocycles. The number of nitrogens with one attached hydrogen (secondary N) is 1. The molecule has 0 aromatic heterocycles. The summed E-state index contributed by atoms with van der Waals surface area (Å²) in [7, 11) is -3.66. The maximum Gasteiger partial charge on any atom is 0.263 e. The van der Waals surface area contributed by atoms with Crippen molar-refractivity contribution in [3.8, 4) is 0 Å². The maximum absolute atomic E-state index is 12.3. The predicted molar refractivity (Wildman–Crippen MR) is 80.5 cm³/mol. The van der Waals surface area contributed by atoms with E-state index in [1.54, 1.807) is 42.5 Å². The molecule has 0 fully saturated rings. The molecule has 0 spiro atoms. The number of hydrogen-bond donors (Lipinski definition) is 2. The highest BCUT2D eigenvalue weighted by atomic mass is 79.9. The molecule has 6 heteroatoms. The molecule has 0 heterocycles. The summed E-state index contributed by atoms with van der Waals surface area (Å²) in [6.45, 7) is 1.89. The lowest BCUT2D eigenvalue weighted by atomic mass is 10.2. The van der Waals surface area contributed by atoms with Gasteiger partial charge in [-0.2, -0.15) is 0 Å². The van der Waals surface area contributed by atoms with Crippen LogP contribution in [0.4, 0.5) is 11.4 Å². The summed E-state index contributed by atoms with van der Waals surface area (Å²) in [5.74, 6) is 0. The van der Waals surface area contributed by atoms with Crippen molar-refractivity contribution in [3.63, 3.8) is 0 Å². The Hall–Kier alpha value is -1.53. The average molecular weight is 341 g/mol. The fourth-order valence-electron chi connectivity index (χ4n) is 1.61. The quantitative estimate of drug-likeness (QED) is 0.843. The third-order valence-corrected chi connectivity index (χ3v) is 4.92. The molecule has 4 nitrogen and oxygen atoms in total. The Kier molecular flexibility index (Phi) is 3.82. The van der Waals surface area contributed by atoms with E-state index in [1.165, 1.54) is 0 Å². The van der Waals surface area contributed by atoms with Crippen molar-refractivity contribution in [2.24, 2.45) is 0 Å². The monoisotopic (exact) mass is 340 g/mol. The smallest absolute Gasteiger partial charge is 0.263 e. The van der Waals surface area contributed by atoms with E-state index in [0.29, 0.717) is 15.8 Å². The highest BCUT2D eigenvalue weighted by Gasteiger charge is 2.18. The predicted octanol–water partition coefficient (Wildman–Crippen LogP) is 3.14. The third kappa shape index (κ3) is 3.08. The van der Waals surface area contributed by atoms with Crippen molar-refractivity contribution in [1.82, 2.24) is 0 Å². The Bertz CT molecular complexity index is 714. The first-order valence-electron chi connectivity index (χ1n) is 5.53. The molecular formula is C13H13BrN2O2S. The van der Waals surface area contributed by atoms with Crippen molar-refractivity contribution in [2.75, 3.05) is 10.5 Å². The fraction of sp³-hybridized carbons (Fsp3) is 0.0769. The van der Waals surface area contributed by atoms with Crippen LogP contribution in [0.5, 0.6) is 0 Å². The van der Waals surface area contributed by atoms with Gasteiger partial charge in [0.15, 0.2) is 0 Å². The van der Waals surface area contributed by atoms with Crippen LogP contribution in [0, 0.1) is 6.92 Å². The molecule has 0 saturated heterocycles. The summed E-state index contributed by atoms with van der Waals surface area (Å²) in [4.78, 5) is 0.182. The van der Waals surface area contributed by atoms with Gasteiger partial charge in [0.1, 0.15) is 4.90 Å². The molecule has 0 aliphatic carbocycles. The highest BCUT2D eigenvalue weighted by molar-refractivity contribution is 9.10. The zero-order valence-electron chi connectivity index (χ0n) is 10.2. The number of hydrogen-bond acceptors (Lipinski definition) is 3. The number of halogens is 1. The van der Waals surface area contributed by atoms with Gasteiger partial charge in [-0.25, -0.2) is 8.42 Å². The van der Waals surface area contributed by atoms with Crippen molar-refractivity contribution in [1.29, 1.82) is 0 Å². The van der Waals surface area contributed by atoms with Crippen molar-refractivity contribution in [2.45, 2.75) is 11.8 Å². The van der Waals surface area contributed by atoms with Crippen LogP contribution >= 0.6 is 15.9 Å². The van der Waals surface area contributed by atoms with Gasteiger partial charge in [0.2, 0.25) is 0 Å². The highest BCUT2D eigenvalue weighted by Crippen LogP contribution is 2.27. The Labute approximate surface area is 120 Å². The molecule has 100 valence electrons. The van der Waals surface area contributed by atoms with Crippen LogP contribution < -0.4 is 10.5 Å². The van der Waals surface area contributed by atoms with Crippen LogP contribution in [0.25, 0.3) is 0 Å². The molecule has 0 aliphatic rings. The van der Waals surface area contributed by atoms with Crippen molar-refractivity contribution >= 4 is 37.3 Å². The van der Waals surface area contributed by atoms with Crippen LogP contribution in [0.2, 0.25) is 0 Å². The van der Waals surface area contributed by atoms with Gasteiger partial charge in [0.25, 0.3) is 10.0 Å². The molecule has 0 amide bonds. The lowest BCUT2D eigenvalue weighted by Crippen LogP contribution is -2.14.